The van der Waals surface area contributed by atoms with Crippen LogP contribution < -0.4 is 0 Å². The Kier molecular flexibility index (Phi) is 8.70. The van der Waals surface area contributed by atoms with Gasteiger partial charge >= 0.3 is 0 Å². The van der Waals surface area contributed by atoms with Crippen LogP contribution in [0, 0.1) is 5.92 Å². The van der Waals surface area contributed by atoms with Crippen molar-refractivity contribution in [2.24, 2.45) is 13.0 Å². The van der Waals surface area contributed by atoms with Crippen LogP contribution >= 0.6 is 11.8 Å². The lowest BCUT2D eigenvalue weighted by molar-refractivity contribution is -0.268. The number of hydrogen-bond donors (Lipinski definition) is 1. The molecule has 1 aromatic heterocycles. The van der Waals surface area contributed by atoms with Gasteiger partial charge in [-0.2, -0.15) is 0 Å². The van der Waals surface area contributed by atoms with Crippen molar-refractivity contribution in [2.45, 2.75) is 43.7 Å². The van der Waals surface area contributed by atoms with E-state index < -0.39 is 6.29 Å². The van der Waals surface area contributed by atoms with Crippen LogP contribution in [0.4, 0.5) is 0 Å². The zero-order valence-corrected chi connectivity index (χ0v) is 26.7. The van der Waals surface area contributed by atoms with Gasteiger partial charge in [0.05, 0.1) is 36.5 Å². The van der Waals surface area contributed by atoms with Crippen LogP contribution in [0.25, 0.3) is 11.1 Å². The van der Waals surface area contributed by atoms with Gasteiger partial charge in [0, 0.05) is 24.3 Å². The van der Waals surface area contributed by atoms with Gasteiger partial charge in [0.1, 0.15) is 0 Å². The van der Waals surface area contributed by atoms with Crippen molar-refractivity contribution >= 4 is 23.6 Å². The Morgan fingerprint density at radius 2 is 1.51 bits per heavy atom. The molecule has 7 rings (SSSR count). The summed E-state index contributed by atoms with van der Waals surface area (Å²) >= 11 is 1.54. The normalized spacial score (nSPS) is 20.9. The number of imide groups is 1. The highest BCUT2D eigenvalue weighted by Gasteiger charge is 2.39. The second kappa shape index (κ2) is 13.2. The maximum Gasteiger partial charge on any atom is 0.261 e. The molecule has 5 aromatic rings. The van der Waals surface area contributed by atoms with Crippen molar-refractivity contribution in [3.8, 4) is 11.1 Å². The van der Waals surface area contributed by atoms with E-state index in [2.05, 4.69) is 22.4 Å². The first-order valence-corrected chi connectivity index (χ1v) is 16.4. The molecule has 0 saturated carbocycles. The minimum Gasteiger partial charge on any atom is -0.392 e. The van der Waals surface area contributed by atoms with E-state index in [4.69, 9.17) is 9.47 Å². The number of ether oxygens (including phenoxy) is 2. The van der Waals surface area contributed by atoms with Crippen molar-refractivity contribution in [2.75, 3.05) is 5.75 Å². The Bertz CT molecular complexity index is 1880. The van der Waals surface area contributed by atoms with Gasteiger partial charge in [-0.25, -0.2) is 4.68 Å². The fourth-order valence-corrected chi connectivity index (χ4v) is 7.07. The first-order chi connectivity index (χ1) is 22.9. The Balaban J connectivity index is 1.10. The van der Waals surface area contributed by atoms with E-state index in [0.29, 0.717) is 22.0 Å². The molecular formula is C36H33N5O5S. The minimum absolute atomic E-state index is 0.0177. The molecule has 1 N–H and O–H groups in total. The third-order valence-electron chi connectivity index (χ3n) is 8.74. The Hall–Kier alpha value is -4.68. The molecule has 0 aliphatic carbocycles. The number of aromatic nitrogens is 4. The molecular weight excluding hydrogens is 614 g/mol. The number of benzene rings is 4. The van der Waals surface area contributed by atoms with Crippen molar-refractivity contribution in [1.29, 1.82) is 0 Å². The highest BCUT2D eigenvalue weighted by atomic mass is 32.2. The van der Waals surface area contributed by atoms with Gasteiger partial charge in [-0.15, -0.1) is 5.10 Å². The van der Waals surface area contributed by atoms with E-state index in [0.717, 1.165) is 33.4 Å². The van der Waals surface area contributed by atoms with E-state index in [1.165, 1.54) is 4.90 Å². The lowest BCUT2D eigenvalue weighted by atomic mass is 9.91. The summed E-state index contributed by atoms with van der Waals surface area (Å²) in [6.45, 7) is 2.31. The number of hydrogen-bond acceptors (Lipinski definition) is 9. The number of nitrogens with zero attached hydrogens (tertiary/aromatic N) is 5. The van der Waals surface area contributed by atoms with Gasteiger partial charge in [0.2, 0.25) is 5.16 Å². The molecule has 1 saturated heterocycles. The molecule has 47 heavy (non-hydrogen) atoms. The number of aliphatic hydroxyl groups excluding tert-OH is 1. The zero-order chi connectivity index (χ0) is 32.5. The molecule has 0 radical (unpaired) electrons. The van der Waals surface area contributed by atoms with Crippen LogP contribution in [-0.4, -0.2) is 53.9 Å². The quantitative estimate of drug-likeness (QED) is 0.158. The highest BCUT2D eigenvalue weighted by molar-refractivity contribution is 7.99. The second-order valence-electron chi connectivity index (χ2n) is 11.8. The number of aryl methyl sites for hydroxylation is 1. The third kappa shape index (κ3) is 6.22. The molecule has 3 heterocycles. The lowest BCUT2D eigenvalue weighted by Crippen LogP contribution is -2.38. The summed E-state index contributed by atoms with van der Waals surface area (Å²) in [5.74, 6) is 0.131. The van der Waals surface area contributed by atoms with Crippen LogP contribution in [0.1, 0.15) is 62.3 Å². The van der Waals surface area contributed by atoms with Gasteiger partial charge in [-0.1, -0.05) is 97.5 Å². The van der Waals surface area contributed by atoms with Gasteiger partial charge in [0.25, 0.3) is 11.8 Å². The van der Waals surface area contributed by atoms with Crippen LogP contribution in [0.3, 0.4) is 0 Å². The van der Waals surface area contributed by atoms with Gasteiger partial charge in [-0.3, -0.25) is 14.5 Å². The Morgan fingerprint density at radius 1 is 0.809 bits per heavy atom. The first kappa shape index (κ1) is 30.9. The van der Waals surface area contributed by atoms with E-state index >= 15 is 0 Å². The van der Waals surface area contributed by atoms with E-state index in [1.54, 1.807) is 40.7 Å². The fourth-order valence-electron chi connectivity index (χ4n) is 6.06. The van der Waals surface area contributed by atoms with E-state index in [9.17, 15) is 14.7 Å². The van der Waals surface area contributed by atoms with E-state index in [1.807, 2.05) is 79.8 Å². The van der Waals surface area contributed by atoms with Gasteiger partial charge < -0.3 is 14.6 Å². The molecule has 0 unspecified atom stereocenters. The molecule has 1 fully saturated rings. The van der Waals surface area contributed by atoms with Crippen LogP contribution in [0.2, 0.25) is 0 Å². The predicted octanol–water partition coefficient (Wildman–Crippen LogP) is 5.75. The molecule has 0 bridgehead atoms. The predicted molar refractivity (Wildman–Crippen MR) is 175 cm³/mol. The SMILES string of the molecule is C[C@@H]1[C@H](CSc2nnnn2C)O[C@H](c2ccc(-c3cccc(CN4C(=O)c5ccccc5C4=O)c3)cc2)O[C@@H]1c1ccc(CO)cc1. The smallest absolute Gasteiger partial charge is 0.261 e. The largest absolute Gasteiger partial charge is 0.392 e. The summed E-state index contributed by atoms with van der Waals surface area (Å²) in [6.07, 6.45) is -0.995. The first-order valence-electron chi connectivity index (χ1n) is 15.4. The molecule has 10 nitrogen and oxygen atoms in total. The van der Waals surface area contributed by atoms with Gasteiger partial charge in [0.15, 0.2) is 6.29 Å². The van der Waals surface area contributed by atoms with Crippen LogP contribution in [0.5, 0.6) is 0 Å². The molecule has 2 amide bonds. The third-order valence-corrected chi connectivity index (χ3v) is 9.84. The fraction of sp³-hybridized carbons (Fsp3) is 0.250. The van der Waals surface area contributed by atoms with Crippen LogP contribution in [-0.2, 0) is 29.7 Å². The summed E-state index contributed by atoms with van der Waals surface area (Å²) in [5.41, 5.74) is 6.46. The molecule has 2 aliphatic rings. The second-order valence-corrected chi connectivity index (χ2v) is 12.8. The molecule has 4 aromatic carbocycles. The summed E-state index contributed by atoms with van der Waals surface area (Å²) in [4.78, 5) is 27.1. The summed E-state index contributed by atoms with van der Waals surface area (Å²) in [6, 6.07) is 30.7. The van der Waals surface area contributed by atoms with Crippen molar-refractivity contribution in [1.82, 2.24) is 25.1 Å². The van der Waals surface area contributed by atoms with Crippen molar-refractivity contribution in [3.63, 3.8) is 0 Å². The summed E-state index contributed by atoms with van der Waals surface area (Å²) in [5, 5.41) is 22.0. The molecule has 0 spiro atoms. The molecule has 11 heteroatoms. The summed E-state index contributed by atoms with van der Waals surface area (Å²) < 4.78 is 14.8. The monoisotopic (exact) mass is 647 g/mol. The average molecular weight is 648 g/mol. The topological polar surface area (TPSA) is 120 Å². The van der Waals surface area contributed by atoms with Gasteiger partial charge in [-0.05, 0) is 56.4 Å². The standard InChI is InChI=1S/C36H33N5O5S/c1-22-31(21-47-36-37-38-39-40(36)2)45-35(46-32(22)26-12-10-23(20-42)11-13-26)27-16-14-25(15-17-27)28-7-5-6-24(18-28)19-41-33(43)29-8-3-4-9-30(29)34(41)44/h3-18,22,31-32,35,42H,19-21H2,1-2H3/t22-,31+,32+,35+/m1/s1. The number of tetrazole rings is 1. The minimum atomic E-state index is -0.605. The number of carbonyl (C=O) groups excluding carboxylic acids is 2. The number of fused-ring (bicyclic) bond motifs is 1. The molecule has 4 atom stereocenters. The average Bonchev–Trinajstić information content (AvgIpc) is 3.63. The van der Waals surface area contributed by atoms with E-state index in [-0.39, 0.29) is 43.1 Å². The molecule has 238 valence electrons. The maximum atomic E-state index is 12.9. The highest BCUT2D eigenvalue weighted by Crippen LogP contribution is 2.43. The Labute approximate surface area is 276 Å². The van der Waals surface area contributed by atoms with Crippen molar-refractivity contribution in [3.05, 3.63) is 130 Å². The number of rotatable bonds is 9. The zero-order valence-electron chi connectivity index (χ0n) is 25.9. The van der Waals surface area contributed by atoms with Crippen LogP contribution in [0.15, 0.2) is 102 Å². The number of amides is 2. The molecule has 2 aliphatic heterocycles. The number of aliphatic hydroxyl groups is 1. The number of carbonyl (C=O) groups is 2. The Morgan fingerprint density at radius 3 is 2.17 bits per heavy atom. The maximum absolute atomic E-state index is 12.9. The summed E-state index contributed by atoms with van der Waals surface area (Å²) in [7, 11) is 1.81. The number of thioether (sulfide) groups is 1. The lowest BCUT2D eigenvalue weighted by Gasteiger charge is -2.41. The van der Waals surface area contributed by atoms with Crippen molar-refractivity contribution < 1.29 is 24.2 Å².